The Morgan fingerprint density at radius 3 is 2.63 bits per heavy atom. The molecule has 0 saturated carbocycles. The molecule has 0 bridgehead atoms. The second kappa shape index (κ2) is 10.8. The topological polar surface area (TPSA) is 21.3 Å². The third-order valence-electron chi connectivity index (χ3n) is 3.04. The lowest BCUT2D eigenvalue weighted by molar-refractivity contribution is 0.139. The quantitative estimate of drug-likeness (QED) is 0.591. The van der Waals surface area contributed by atoms with Gasteiger partial charge in [0.1, 0.15) is 5.82 Å². The molecule has 0 atom stereocenters. The van der Waals surface area contributed by atoms with E-state index >= 15 is 0 Å². The number of anilines is 1. The highest BCUT2D eigenvalue weighted by molar-refractivity contribution is 5.42. The molecule has 0 aliphatic carbocycles. The highest BCUT2D eigenvalue weighted by atomic mass is 19.1. The number of ether oxygens (including phenoxy) is 1. The van der Waals surface area contributed by atoms with Gasteiger partial charge in [0.2, 0.25) is 0 Å². The summed E-state index contributed by atoms with van der Waals surface area (Å²) in [5.41, 5.74) is 0.808. The van der Waals surface area contributed by atoms with Gasteiger partial charge in [0.15, 0.2) is 0 Å². The molecule has 3 heteroatoms. The monoisotopic (exact) mass is 267 g/mol. The second-order valence-electron chi connectivity index (χ2n) is 4.82. The lowest BCUT2D eigenvalue weighted by Crippen LogP contribution is -2.10. The van der Waals surface area contributed by atoms with E-state index in [1.165, 1.54) is 44.2 Å². The predicted molar refractivity (Wildman–Crippen MR) is 79.1 cm³/mol. The predicted octanol–water partition coefficient (Wildman–Crippen LogP) is 4.61. The first-order valence-electron chi connectivity index (χ1n) is 7.40. The maximum atomic E-state index is 12.9. The normalized spacial score (nSPS) is 10.6. The third-order valence-corrected chi connectivity index (χ3v) is 3.04. The van der Waals surface area contributed by atoms with Gasteiger partial charge in [-0.1, -0.05) is 45.1 Å². The molecule has 2 nitrogen and oxygen atoms in total. The van der Waals surface area contributed by atoms with Crippen molar-refractivity contribution < 1.29 is 9.13 Å². The van der Waals surface area contributed by atoms with Gasteiger partial charge in [-0.2, -0.15) is 0 Å². The van der Waals surface area contributed by atoms with E-state index in [0.717, 1.165) is 25.3 Å². The number of rotatable bonds is 11. The zero-order chi connectivity index (χ0) is 13.8. The van der Waals surface area contributed by atoms with Gasteiger partial charge in [-0.3, -0.25) is 0 Å². The van der Waals surface area contributed by atoms with Crippen LogP contribution < -0.4 is 5.32 Å². The van der Waals surface area contributed by atoms with Crippen molar-refractivity contribution in [2.45, 2.75) is 45.4 Å². The summed E-state index contributed by atoms with van der Waals surface area (Å²) in [6.07, 6.45) is 7.71. The van der Waals surface area contributed by atoms with Crippen molar-refractivity contribution in [1.29, 1.82) is 0 Å². The number of hydrogen-bond acceptors (Lipinski definition) is 2. The van der Waals surface area contributed by atoms with Crippen molar-refractivity contribution >= 4 is 5.69 Å². The highest BCUT2D eigenvalue weighted by Gasteiger charge is 1.94. The minimum absolute atomic E-state index is 0.210. The van der Waals surface area contributed by atoms with E-state index in [-0.39, 0.29) is 5.82 Å². The van der Waals surface area contributed by atoms with Crippen molar-refractivity contribution in [2.24, 2.45) is 0 Å². The Kier molecular flexibility index (Phi) is 9.07. The highest BCUT2D eigenvalue weighted by Crippen LogP contribution is 2.08. The smallest absolute Gasteiger partial charge is 0.125 e. The van der Waals surface area contributed by atoms with Crippen molar-refractivity contribution in [2.75, 3.05) is 25.1 Å². The van der Waals surface area contributed by atoms with Crippen LogP contribution >= 0.6 is 0 Å². The van der Waals surface area contributed by atoms with E-state index in [0.29, 0.717) is 6.61 Å². The first-order chi connectivity index (χ1) is 9.33. The third kappa shape index (κ3) is 8.60. The molecule has 0 fully saturated rings. The number of nitrogens with one attached hydrogen (secondary N) is 1. The maximum Gasteiger partial charge on any atom is 0.125 e. The summed E-state index contributed by atoms with van der Waals surface area (Å²) >= 11 is 0. The van der Waals surface area contributed by atoms with Crippen LogP contribution in [0.3, 0.4) is 0 Å². The largest absolute Gasteiger partial charge is 0.383 e. The summed E-state index contributed by atoms with van der Waals surface area (Å²) in [6, 6.07) is 6.50. The summed E-state index contributed by atoms with van der Waals surface area (Å²) in [5.74, 6) is -0.210. The van der Waals surface area contributed by atoms with Gasteiger partial charge < -0.3 is 10.1 Å². The fourth-order valence-corrected chi connectivity index (χ4v) is 1.95. The zero-order valence-corrected chi connectivity index (χ0v) is 12.0. The summed E-state index contributed by atoms with van der Waals surface area (Å²) in [7, 11) is 0. The lowest BCUT2D eigenvalue weighted by atomic mass is 10.1. The standard InChI is InChI=1S/C16H26FNO/c1-2-3-4-5-6-7-12-19-13-11-18-16-10-8-9-15(17)14-16/h8-10,14,18H,2-7,11-13H2,1H3. The Balaban J connectivity index is 1.89. The molecule has 108 valence electrons. The average Bonchev–Trinajstić information content (AvgIpc) is 2.41. The van der Waals surface area contributed by atoms with E-state index in [1.807, 2.05) is 6.07 Å². The first kappa shape index (κ1) is 16.0. The van der Waals surface area contributed by atoms with Crippen LogP contribution in [0, 0.1) is 5.82 Å². The van der Waals surface area contributed by atoms with Gasteiger partial charge >= 0.3 is 0 Å². The van der Waals surface area contributed by atoms with Crippen LogP contribution in [0.15, 0.2) is 24.3 Å². The number of benzene rings is 1. The number of hydrogen-bond donors (Lipinski definition) is 1. The molecule has 1 rings (SSSR count). The lowest BCUT2D eigenvalue weighted by Gasteiger charge is -2.07. The average molecular weight is 267 g/mol. The maximum absolute atomic E-state index is 12.9. The Morgan fingerprint density at radius 2 is 1.84 bits per heavy atom. The Hall–Kier alpha value is -1.09. The van der Waals surface area contributed by atoms with Crippen molar-refractivity contribution in [3.63, 3.8) is 0 Å². The molecule has 0 spiro atoms. The van der Waals surface area contributed by atoms with Crippen LogP contribution in [0.5, 0.6) is 0 Å². The Bertz CT molecular complexity index is 330. The molecule has 0 aliphatic heterocycles. The summed E-state index contributed by atoms with van der Waals surface area (Å²) in [5, 5.41) is 3.14. The molecule has 1 aromatic carbocycles. The van der Waals surface area contributed by atoms with Crippen LogP contribution in [0.1, 0.15) is 45.4 Å². The Labute approximate surface area is 116 Å². The van der Waals surface area contributed by atoms with Crippen molar-refractivity contribution in [3.05, 3.63) is 30.1 Å². The van der Waals surface area contributed by atoms with Crippen molar-refractivity contribution in [3.8, 4) is 0 Å². The molecule has 0 aliphatic rings. The minimum Gasteiger partial charge on any atom is -0.383 e. The number of unbranched alkanes of at least 4 members (excludes halogenated alkanes) is 5. The van der Waals surface area contributed by atoms with Crippen LogP contribution in [0.4, 0.5) is 10.1 Å². The van der Waals surface area contributed by atoms with Gasteiger partial charge in [-0.25, -0.2) is 4.39 Å². The van der Waals surface area contributed by atoms with Gasteiger partial charge in [0.05, 0.1) is 6.61 Å². The van der Waals surface area contributed by atoms with Gasteiger partial charge in [-0.05, 0) is 24.6 Å². The van der Waals surface area contributed by atoms with Crippen LogP contribution in [-0.4, -0.2) is 19.8 Å². The van der Waals surface area contributed by atoms with E-state index in [2.05, 4.69) is 12.2 Å². The second-order valence-corrected chi connectivity index (χ2v) is 4.82. The molecule has 0 saturated heterocycles. The zero-order valence-electron chi connectivity index (χ0n) is 12.0. The molecule has 1 N–H and O–H groups in total. The molecule has 0 heterocycles. The van der Waals surface area contributed by atoms with Crippen LogP contribution in [-0.2, 0) is 4.74 Å². The van der Waals surface area contributed by atoms with Crippen LogP contribution in [0.2, 0.25) is 0 Å². The minimum atomic E-state index is -0.210. The molecule has 0 aromatic heterocycles. The van der Waals surface area contributed by atoms with E-state index in [9.17, 15) is 4.39 Å². The molecule has 0 amide bonds. The summed E-state index contributed by atoms with van der Waals surface area (Å²) < 4.78 is 18.4. The molecular formula is C16H26FNO. The van der Waals surface area contributed by atoms with Gasteiger partial charge in [-0.15, -0.1) is 0 Å². The molecule has 0 radical (unpaired) electrons. The van der Waals surface area contributed by atoms with E-state index < -0.39 is 0 Å². The fraction of sp³-hybridized carbons (Fsp3) is 0.625. The van der Waals surface area contributed by atoms with Gasteiger partial charge in [0, 0.05) is 18.8 Å². The first-order valence-corrected chi connectivity index (χ1v) is 7.40. The fourth-order valence-electron chi connectivity index (χ4n) is 1.95. The van der Waals surface area contributed by atoms with Gasteiger partial charge in [0.25, 0.3) is 0 Å². The SMILES string of the molecule is CCCCCCCCOCCNc1cccc(F)c1. The molecule has 19 heavy (non-hydrogen) atoms. The van der Waals surface area contributed by atoms with Crippen LogP contribution in [0.25, 0.3) is 0 Å². The Morgan fingerprint density at radius 1 is 1.05 bits per heavy atom. The molecule has 1 aromatic rings. The van der Waals surface area contributed by atoms with E-state index in [1.54, 1.807) is 6.07 Å². The van der Waals surface area contributed by atoms with E-state index in [4.69, 9.17) is 4.74 Å². The summed E-state index contributed by atoms with van der Waals surface area (Å²) in [4.78, 5) is 0. The molecule has 0 unspecified atom stereocenters. The van der Waals surface area contributed by atoms with Crippen molar-refractivity contribution in [1.82, 2.24) is 0 Å². The number of halogens is 1. The summed E-state index contributed by atoms with van der Waals surface area (Å²) in [6.45, 7) is 4.45. The molecular weight excluding hydrogens is 241 g/mol.